The predicted octanol–water partition coefficient (Wildman–Crippen LogP) is 5.66. The number of hydrogen-bond donors (Lipinski definition) is 1. The van der Waals surface area contributed by atoms with E-state index in [2.05, 4.69) is 12.2 Å². The molecule has 0 atom stereocenters. The zero-order valence-electron chi connectivity index (χ0n) is 18.2. The van der Waals surface area contributed by atoms with Gasteiger partial charge in [-0.3, -0.25) is 4.90 Å². The lowest BCUT2D eigenvalue weighted by molar-refractivity contribution is -0.137. The van der Waals surface area contributed by atoms with E-state index in [-0.39, 0.29) is 12.0 Å². The fourth-order valence-electron chi connectivity index (χ4n) is 2.90. The molecule has 0 saturated carbocycles. The number of anilines is 1. The monoisotopic (exact) mass is 408 g/mol. The predicted molar refractivity (Wildman–Crippen MR) is 123 cm³/mol. The molecule has 2 amide bonds. The molecule has 2 aromatic carbocycles. The minimum Gasteiger partial charge on any atom is -0.463 e. The first-order valence-corrected chi connectivity index (χ1v) is 10.6. The van der Waals surface area contributed by atoms with Gasteiger partial charge in [-0.2, -0.15) is 0 Å². The Morgan fingerprint density at radius 2 is 1.77 bits per heavy atom. The van der Waals surface area contributed by atoms with Gasteiger partial charge in [0.15, 0.2) is 0 Å². The molecule has 0 saturated heterocycles. The van der Waals surface area contributed by atoms with Gasteiger partial charge in [0.2, 0.25) is 0 Å². The van der Waals surface area contributed by atoms with Gasteiger partial charge in [-0.15, -0.1) is 0 Å². The summed E-state index contributed by atoms with van der Waals surface area (Å²) in [4.78, 5) is 25.6. The molecule has 0 spiro atoms. The summed E-state index contributed by atoms with van der Waals surface area (Å²) in [5.74, 6) is -0.329. The van der Waals surface area contributed by atoms with Gasteiger partial charge >= 0.3 is 12.0 Å². The van der Waals surface area contributed by atoms with E-state index in [1.165, 1.54) is 6.08 Å². The second-order valence-electron chi connectivity index (χ2n) is 7.17. The number of nitrogens with zero attached hydrogens (tertiary/aromatic N) is 1. The number of nitrogens with one attached hydrogen (secondary N) is 1. The number of hydrogen-bond acceptors (Lipinski definition) is 3. The minimum atomic E-state index is -0.329. The van der Waals surface area contributed by atoms with Gasteiger partial charge in [0.25, 0.3) is 0 Å². The third-order valence-electron chi connectivity index (χ3n) is 4.70. The van der Waals surface area contributed by atoms with E-state index < -0.39 is 0 Å². The molecule has 5 nitrogen and oxygen atoms in total. The third kappa shape index (κ3) is 7.39. The molecule has 0 aliphatic heterocycles. The Kier molecular flexibility index (Phi) is 9.65. The molecule has 0 radical (unpaired) electrons. The first-order chi connectivity index (χ1) is 14.5. The lowest BCUT2D eigenvalue weighted by Crippen LogP contribution is -2.37. The maximum Gasteiger partial charge on any atom is 0.330 e. The van der Waals surface area contributed by atoms with Crippen LogP contribution in [0.25, 0.3) is 17.2 Å². The van der Waals surface area contributed by atoms with Crippen molar-refractivity contribution in [1.29, 1.82) is 0 Å². The molecule has 5 heteroatoms. The zero-order chi connectivity index (χ0) is 21.8. The summed E-state index contributed by atoms with van der Waals surface area (Å²) < 4.78 is 5.03. The molecule has 0 aliphatic carbocycles. The smallest absolute Gasteiger partial charge is 0.330 e. The van der Waals surface area contributed by atoms with Crippen molar-refractivity contribution in [2.75, 3.05) is 25.1 Å². The highest BCUT2D eigenvalue weighted by Crippen LogP contribution is 2.25. The van der Waals surface area contributed by atoms with Crippen molar-refractivity contribution >= 4 is 23.8 Å². The maximum absolute atomic E-state index is 12.4. The average Bonchev–Trinajstić information content (AvgIpc) is 2.79. The van der Waals surface area contributed by atoms with Gasteiger partial charge in [0.1, 0.15) is 0 Å². The van der Waals surface area contributed by atoms with Crippen LogP contribution in [0.5, 0.6) is 0 Å². The number of benzene rings is 2. The summed E-state index contributed by atoms with van der Waals surface area (Å²) >= 11 is 0. The van der Waals surface area contributed by atoms with E-state index in [1.807, 2.05) is 55.5 Å². The summed E-state index contributed by atoms with van der Waals surface area (Å²) in [6.07, 6.45) is 7.24. The van der Waals surface area contributed by atoms with Crippen LogP contribution in [0.1, 0.15) is 45.1 Å². The molecule has 0 fully saturated rings. The van der Waals surface area contributed by atoms with Crippen LogP contribution < -0.4 is 10.2 Å². The van der Waals surface area contributed by atoms with E-state index in [9.17, 15) is 9.59 Å². The lowest BCUT2D eigenvalue weighted by atomic mass is 10.0. The molecule has 0 bridgehead atoms. The Labute approximate surface area is 179 Å². The second kappa shape index (κ2) is 12.5. The quantitative estimate of drug-likeness (QED) is 0.314. The topological polar surface area (TPSA) is 58.6 Å². The van der Waals surface area contributed by atoms with E-state index in [0.717, 1.165) is 48.1 Å². The van der Waals surface area contributed by atoms with Gasteiger partial charge in [-0.05, 0) is 47.7 Å². The lowest BCUT2D eigenvalue weighted by Gasteiger charge is -2.19. The van der Waals surface area contributed by atoms with Crippen LogP contribution in [0.15, 0.2) is 54.6 Å². The molecule has 2 aromatic rings. The summed E-state index contributed by atoms with van der Waals surface area (Å²) in [5, 5.41) is 2.96. The number of ether oxygens (including phenoxy) is 1. The number of carbonyl (C=O) groups is 2. The SMILES string of the molecule is CCCCCNC(=O)N(C)c1cccc(-c2ccc(/C=C/C(=O)OCCC)cc2)c1. The fourth-order valence-corrected chi connectivity index (χ4v) is 2.90. The van der Waals surface area contributed by atoms with Gasteiger partial charge in [0.05, 0.1) is 6.61 Å². The van der Waals surface area contributed by atoms with Crippen molar-refractivity contribution in [2.24, 2.45) is 0 Å². The Morgan fingerprint density at radius 3 is 2.47 bits per heavy atom. The van der Waals surface area contributed by atoms with Crippen LogP contribution in [0.2, 0.25) is 0 Å². The molecule has 0 heterocycles. The van der Waals surface area contributed by atoms with Crippen LogP contribution in [0.3, 0.4) is 0 Å². The van der Waals surface area contributed by atoms with E-state index in [0.29, 0.717) is 13.2 Å². The number of carbonyl (C=O) groups excluding carboxylic acids is 2. The van der Waals surface area contributed by atoms with Crippen LogP contribution in [0, 0.1) is 0 Å². The van der Waals surface area contributed by atoms with Crippen LogP contribution in [0.4, 0.5) is 10.5 Å². The van der Waals surface area contributed by atoms with Crippen LogP contribution in [-0.2, 0) is 9.53 Å². The highest BCUT2D eigenvalue weighted by atomic mass is 16.5. The fraction of sp³-hybridized carbons (Fsp3) is 0.360. The Bertz CT molecular complexity index is 844. The highest BCUT2D eigenvalue weighted by molar-refractivity contribution is 5.92. The van der Waals surface area contributed by atoms with Gasteiger partial charge in [-0.1, -0.05) is 63.1 Å². The van der Waals surface area contributed by atoms with Crippen LogP contribution >= 0.6 is 0 Å². The second-order valence-corrected chi connectivity index (χ2v) is 7.17. The summed E-state index contributed by atoms with van der Waals surface area (Å²) in [6.45, 7) is 5.23. The number of urea groups is 1. The van der Waals surface area contributed by atoms with Crippen LogP contribution in [-0.4, -0.2) is 32.2 Å². The molecule has 0 unspecified atom stereocenters. The summed E-state index contributed by atoms with van der Waals surface area (Å²) in [6, 6.07) is 15.7. The molecular formula is C25H32N2O3. The summed E-state index contributed by atoms with van der Waals surface area (Å²) in [5.41, 5.74) is 3.82. The third-order valence-corrected chi connectivity index (χ3v) is 4.70. The Morgan fingerprint density at radius 1 is 1.00 bits per heavy atom. The Balaban J connectivity index is 2.02. The van der Waals surface area contributed by atoms with Crippen molar-refractivity contribution in [3.05, 3.63) is 60.2 Å². The normalized spacial score (nSPS) is 10.8. The molecule has 0 aliphatic rings. The van der Waals surface area contributed by atoms with E-state index in [1.54, 1.807) is 18.0 Å². The van der Waals surface area contributed by atoms with Crippen molar-refractivity contribution in [2.45, 2.75) is 39.5 Å². The van der Waals surface area contributed by atoms with Crippen molar-refractivity contribution in [3.63, 3.8) is 0 Å². The first-order valence-electron chi connectivity index (χ1n) is 10.6. The number of esters is 1. The van der Waals surface area contributed by atoms with E-state index >= 15 is 0 Å². The average molecular weight is 409 g/mol. The van der Waals surface area contributed by atoms with Crippen molar-refractivity contribution in [1.82, 2.24) is 5.32 Å². The van der Waals surface area contributed by atoms with Crippen molar-refractivity contribution in [3.8, 4) is 11.1 Å². The van der Waals surface area contributed by atoms with Gasteiger partial charge < -0.3 is 10.1 Å². The highest BCUT2D eigenvalue weighted by Gasteiger charge is 2.11. The minimum absolute atomic E-state index is 0.0984. The number of rotatable bonds is 10. The molecule has 0 aromatic heterocycles. The maximum atomic E-state index is 12.4. The molecule has 1 N–H and O–H groups in total. The molecule has 2 rings (SSSR count). The zero-order valence-corrected chi connectivity index (χ0v) is 18.2. The number of unbranched alkanes of at least 4 members (excludes halogenated alkanes) is 2. The largest absolute Gasteiger partial charge is 0.463 e. The number of amides is 2. The molecular weight excluding hydrogens is 376 g/mol. The van der Waals surface area contributed by atoms with Gasteiger partial charge in [-0.25, -0.2) is 9.59 Å². The van der Waals surface area contributed by atoms with E-state index in [4.69, 9.17) is 4.74 Å². The van der Waals surface area contributed by atoms with Gasteiger partial charge in [0, 0.05) is 25.4 Å². The first kappa shape index (κ1) is 23.2. The standard InChI is InChI=1S/C25H32N2O3/c1-4-6-7-17-26-25(29)27(3)23-10-8-9-22(19-23)21-14-11-20(12-15-21)13-16-24(28)30-18-5-2/h8-16,19H,4-7,17-18H2,1-3H3,(H,26,29)/b16-13+. The molecule has 160 valence electrons. The summed E-state index contributed by atoms with van der Waals surface area (Å²) in [7, 11) is 1.78. The Hall–Kier alpha value is -3.08. The molecule has 30 heavy (non-hydrogen) atoms. The van der Waals surface area contributed by atoms with Crippen molar-refractivity contribution < 1.29 is 14.3 Å².